The van der Waals surface area contributed by atoms with Crippen LogP contribution in [-0.4, -0.2) is 23.1 Å². The number of rotatable bonds is 8. The van der Waals surface area contributed by atoms with E-state index in [9.17, 15) is 18.4 Å². The number of carbonyl (C=O) groups excluding carboxylic acids is 2. The Labute approximate surface area is 183 Å². The molecule has 0 saturated heterocycles. The van der Waals surface area contributed by atoms with E-state index in [-0.39, 0.29) is 12.1 Å². The number of halogens is 2. The number of aryl methyl sites for hydroxylation is 2. The van der Waals surface area contributed by atoms with Crippen LogP contribution in [0.3, 0.4) is 0 Å². The Hall–Kier alpha value is -3.75. The van der Waals surface area contributed by atoms with Gasteiger partial charge in [0.1, 0.15) is 29.8 Å². The topological polar surface area (TPSA) is 90.7 Å². The van der Waals surface area contributed by atoms with Gasteiger partial charge in [0.25, 0.3) is 5.91 Å². The third-order valence-electron chi connectivity index (χ3n) is 4.70. The molecule has 1 heterocycles. The maximum absolute atomic E-state index is 13.6. The molecule has 1 amide bonds. The molecule has 1 unspecified atom stereocenters. The molecular weight excluding hydrogens is 422 g/mol. The Bertz CT molecular complexity index is 1090. The molecular formula is C23H22F2N2O5. The van der Waals surface area contributed by atoms with E-state index < -0.39 is 29.6 Å². The predicted octanol–water partition coefficient (Wildman–Crippen LogP) is 4.26. The zero-order chi connectivity index (χ0) is 23.3. The number of nitrogens with one attached hydrogen (secondary N) is 1. The van der Waals surface area contributed by atoms with E-state index in [0.29, 0.717) is 23.7 Å². The van der Waals surface area contributed by atoms with E-state index in [2.05, 4.69) is 10.5 Å². The second-order valence-corrected chi connectivity index (χ2v) is 7.16. The Morgan fingerprint density at radius 3 is 2.50 bits per heavy atom. The zero-order valence-electron chi connectivity index (χ0n) is 17.8. The monoisotopic (exact) mass is 444 g/mol. The molecule has 9 heteroatoms. The van der Waals surface area contributed by atoms with Crippen LogP contribution in [0.25, 0.3) is 0 Å². The van der Waals surface area contributed by atoms with Gasteiger partial charge in [-0.25, -0.2) is 8.78 Å². The van der Waals surface area contributed by atoms with Crippen molar-refractivity contribution in [2.24, 2.45) is 0 Å². The van der Waals surface area contributed by atoms with Gasteiger partial charge >= 0.3 is 5.97 Å². The fourth-order valence-corrected chi connectivity index (χ4v) is 2.85. The number of hydrogen-bond donors (Lipinski definition) is 1. The van der Waals surface area contributed by atoms with Gasteiger partial charge in [-0.1, -0.05) is 17.3 Å². The van der Waals surface area contributed by atoms with Crippen molar-refractivity contribution in [3.63, 3.8) is 0 Å². The minimum Gasteiger partial charge on any atom is -0.489 e. The van der Waals surface area contributed by atoms with E-state index in [0.717, 1.165) is 29.5 Å². The van der Waals surface area contributed by atoms with Crippen LogP contribution in [-0.2, 0) is 27.4 Å². The summed E-state index contributed by atoms with van der Waals surface area (Å²) in [5.74, 6) is -1.62. The molecule has 32 heavy (non-hydrogen) atoms. The zero-order valence-corrected chi connectivity index (χ0v) is 17.8. The third kappa shape index (κ3) is 5.90. The number of aromatic nitrogens is 1. The fourth-order valence-electron chi connectivity index (χ4n) is 2.85. The second-order valence-electron chi connectivity index (χ2n) is 7.16. The van der Waals surface area contributed by atoms with Crippen LogP contribution in [0.15, 0.2) is 47.0 Å². The maximum Gasteiger partial charge on any atom is 0.311 e. The number of benzene rings is 2. The lowest BCUT2D eigenvalue weighted by atomic mass is 10.1. The van der Waals surface area contributed by atoms with Crippen LogP contribution in [0.1, 0.15) is 29.5 Å². The minimum absolute atomic E-state index is 0.0733. The molecule has 0 aliphatic rings. The molecule has 2 aromatic carbocycles. The Balaban J connectivity index is 1.49. The smallest absolute Gasteiger partial charge is 0.311 e. The summed E-state index contributed by atoms with van der Waals surface area (Å²) in [7, 11) is 0. The van der Waals surface area contributed by atoms with E-state index in [1.807, 2.05) is 13.8 Å². The quantitative estimate of drug-likeness (QED) is 0.522. The van der Waals surface area contributed by atoms with Gasteiger partial charge < -0.3 is 19.3 Å². The predicted molar refractivity (Wildman–Crippen MR) is 111 cm³/mol. The molecule has 0 saturated carbocycles. The van der Waals surface area contributed by atoms with Crippen LogP contribution in [0.2, 0.25) is 0 Å². The summed E-state index contributed by atoms with van der Waals surface area (Å²) >= 11 is 0. The first-order valence-electron chi connectivity index (χ1n) is 9.82. The largest absolute Gasteiger partial charge is 0.489 e. The van der Waals surface area contributed by atoms with E-state index in [1.165, 1.54) is 6.92 Å². The number of anilines is 1. The molecule has 168 valence electrons. The summed E-state index contributed by atoms with van der Waals surface area (Å²) in [6.07, 6.45) is -1.27. The molecule has 1 N–H and O–H groups in total. The highest BCUT2D eigenvalue weighted by molar-refractivity contribution is 5.95. The average molecular weight is 444 g/mol. The highest BCUT2D eigenvalue weighted by Gasteiger charge is 2.20. The van der Waals surface area contributed by atoms with Crippen LogP contribution in [0.4, 0.5) is 14.5 Å². The summed E-state index contributed by atoms with van der Waals surface area (Å²) in [6, 6.07) is 9.50. The van der Waals surface area contributed by atoms with Crippen molar-refractivity contribution in [1.29, 1.82) is 0 Å². The number of esters is 1. The fraction of sp³-hybridized carbons (Fsp3) is 0.261. The molecule has 7 nitrogen and oxygen atoms in total. The van der Waals surface area contributed by atoms with E-state index in [1.54, 1.807) is 24.3 Å². The molecule has 1 atom stereocenters. The lowest BCUT2D eigenvalue weighted by Gasteiger charge is -2.14. The van der Waals surface area contributed by atoms with Gasteiger partial charge in [-0.05, 0) is 50.6 Å². The number of amides is 1. The molecule has 0 fully saturated rings. The molecule has 1 aromatic heterocycles. The van der Waals surface area contributed by atoms with Crippen molar-refractivity contribution in [1.82, 2.24) is 5.16 Å². The minimum atomic E-state index is -1.19. The first-order valence-corrected chi connectivity index (χ1v) is 9.82. The normalized spacial score (nSPS) is 11.7. The van der Waals surface area contributed by atoms with Gasteiger partial charge in [-0.15, -0.1) is 0 Å². The van der Waals surface area contributed by atoms with Gasteiger partial charge in [-0.3, -0.25) is 9.59 Å². The Kier molecular flexibility index (Phi) is 7.19. The van der Waals surface area contributed by atoms with Crippen molar-refractivity contribution < 1.29 is 32.4 Å². The molecule has 0 aliphatic carbocycles. The summed E-state index contributed by atoms with van der Waals surface area (Å²) in [5, 5.41) is 6.07. The van der Waals surface area contributed by atoms with Crippen molar-refractivity contribution in [3.05, 3.63) is 76.7 Å². The third-order valence-corrected chi connectivity index (χ3v) is 4.70. The second kappa shape index (κ2) is 10.0. The van der Waals surface area contributed by atoms with Crippen molar-refractivity contribution in [2.45, 2.75) is 39.9 Å². The lowest BCUT2D eigenvalue weighted by molar-refractivity contribution is -0.152. The van der Waals surface area contributed by atoms with Crippen LogP contribution >= 0.6 is 0 Å². The standard InChI is InChI=1S/C23H22F2N2O5/c1-13-19(14(2)32-27-13)12-30-18-7-4-16(5-8-18)10-22(28)31-15(3)23(29)26-21-11-17(24)6-9-20(21)25/h4-9,11,15H,10,12H2,1-3H3,(H,26,29). The number of carbonyl (C=O) groups is 2. The van der Waals surface area contributed by atoms with Crippen molar-refractivity contribution in [3.8, 4) is 5.75 Å². The summed E-state index contributed by atoms with van der Waals surface area (Å²) in [6.45, 7) is 5.29. The Morgan fingerprint density at radius 1 is 1.12 bits per heavy atom. The number of nitrogens with zero attached hydrogens (tertiary/aromatic N) is 1. The maximum atomic E-state index is 13.6. The van der Waals surface area contributed by atoms with E-state index >= 15 is 0 Å². The summed E-state index contributed by atoms with van der Waals surface area (Å²) in [4.78, 5) is 24.3. The van der Waals surface area contributed by atoms with Crippen LogP contribution in [0.5, 0.6) is 5.75 Å². The first-order chi connectivity index (χ1) is 15.2. The molecule has 3 rings (SSSR count). The average Bonchev–Trinajstić information content (AvgIpc) is 3.07. The highest BCUT2D eigenvalue weighted by Crippen LogP contribution is 2.19. The van der Waals surface area contributed by atoms with Crippen molar-refractivity contribution >= 4 is 17.6 Å². The number of ether oxygens (including phenoxy) is 2. The SMILES string of the molecule is Cc1noc(C)c1COc1ccc(CC(=O)OC(C)C(=O)Nc2cc(F)ccc2F)cc1. The number of hydrogen-bond acceptors (Lipinski definition) is 6. The lowest BCUT2D eigenvalue weighted by Crippen LogP contribution is -2.30. The molecule has 0 aliphatic heterocycles. The van der Waals surface area contributed by atoms with Gasteiger partial charge in [0.15, 0.2) is 6.10 Å². The van der Waals surface area contributed by atoms with Gasteiger partial charge in [0.2, 0.25) is 0 Å². The Morgan fingerprint density at radius 2 is 1.84 bits per heavy atom. The van der Waals surface area contributed by atoms with Crippen molar-refractivity contribution in [2.75, 3.05) is 5.32 Å². The summed E-state index contributed by atoms with van der Waals surface area (Å²) < 4.78 is 42.8. The van der Waals surface area contributed by atoms with Crippen LogP contribution < -0.4 is 10.1 Å². The molecule has 0 bridgehead atoms. The molecule has 0 spiro atoms. The van der Waals surface area contributed by atoms with Gasteiger partial charge in [0, 0.05) is 6.07 Å². The van der Waals surface area contributed by atoms with Crippen LogP contribution in [0, 0.1) is 25.5 Å². The van der Waals surface area contributed by atoms with E-state index in [4.69, 9.17) is 14.0 Å². The first kappa shape index (κ1) is 22.9. The summed E-state index contributed by atoms with van der Waals surface area (Å²) in [5.41, 5.74) is 1.97. The van der Waals surface area contributed by atoms with Gasteiger partial charge in [-0.2, -0.15) is 0 Å². The van der Waals surface area contributed by atoms with Gasteiger partial charge in [0.05, 0.1) is 23.4 Å². The molecule has 0 radical (unpaired) electrons. The highest BCUT2D eigenvalue weighted by atomic mass is 19.1. The molecule has 3 aromatic rings.